The molecule has 0 aliphatic heterocycles. The summed E-state index contributed by atoms with van der Waals surface area (Å²) in [6.45, 7) is 1.85. The smallest absolute Gasteiger partial charge is 0.253 e. The molecule has 0 heterocycles. The summed E-state index contributed by atoms with van der Waals surface area (Å²) in [7, 11) is 0. The van der Waals surface area contributed by atoms with Gasteiger partial charge in [0.25, 0.3) is 5.91 Å². The third-order valence-corrected chi connectivity index (χ3v) is 5.06. The molecule has 0 bridgehead atoms. The molecule has 3 nitrogen and oxygen atoms in total. The monoisotopic (exact) mass is 368 g/mol. The Morgan fingerprint density at radius 1 is 1.08 bits per heavy atom. The predicted octanol–water partition coefficient (Wildman–Crippen LogP) is 5.12. The summed E-state index contributed by atoms with van der Waals surface area (Å²) < 4.78 is 0. The number of hydrazone groups is 1. The van der Waals surface area contributed by atoms with Crippen LogP contribution >= 0.6 is 23.4 Å². The van der Waals surface area contributed by atoms with Crippen LogP contribution in [0.25, 0.3) is 10.8 Å². The highest BCUT2D eigenvalue weighted by Gasteiger charge is 2.13. The zero-order chi connectivity index (χ0) is 17.6. The van der Waals surface area contributed by atoms with Crippen LogP contribution in [0.15, 0.2) is 76.7 Å². The second kappa shape index (κ2) is 8.19. The Morgan fingerprint density at radius 2 is 1.80 bits per heavy atom. The molecule has 0 aromatic heterocycles. The molecule has 1 N–H and O–H groups in total. The maximum absolute atomic E-state index is 12.2. The molecule has 0 radical (unpaired) electrons. The normalized spacial score (nSPS) is 12.4. The van der Waals surface area contributed by atoms with Gasteiger partial charge in [-0.2, -0.15) is 5.10 Å². The summed E-state index contributed by atoms with van der Waals surface area (Å²) in [5.74, 6) is -0.142. The van der Waals surface area contributed by atoms with E-state index in [1.165, 1.54) is 11.8 Å². The predicted molar refractivity (Wildman–Crippen MR) is 106 cm³/mol. The van der Waals surface area contributed by atoms with E-state index in [9.17, 15) is 4.79 Å². The summed E-state index contributed by atoms with van der Waals surface area (Å²) in [6, 6.07) is 21.5. The molecule has 0 aliphatic carbocycles. The molecule has 0 saturated heterocycles. The van der Waals surface area contributed by atoms with Crippen molar-refractivity contribution in [3.8, 4) is 0 Å². The Balaban J connectivity index is 1.62. The average Bonchev–Trinajstić information content (AvgIpc) is 2.63. The number of hydrogen-bond acceptors (Lipinski definition) is 3. The van der Waals surface area contributed by atoms with Crippen molar-refractivity contribution < 1.29 is 4.79 Å². The molecule has 1 amide bonds. The van der Waals surface area contributed by atoms with Crippen LogP contribution in [0.2, 0.25) is 5.02 Å². The third kappa shape index (κ3) is 4.62. The lowest BCUT2D eigenvalue weighted by Crippen LogP contribution is -2.26. The first kappa shape index (κ1) is 17.5. The topological polar surface area (TPSA) is 41.5 Å². The van der Waals surface area contributed by atoms with Gasteiger partial charge in [-0.05, 0) is 42.0 Å². The van der Waals surface area contributed by atoms with Crippen molar-refractivity contribution >= 4 is 46.3 Å². The number of thioether (sulfide) groups is 1. The second-order valence-electron chi connectivity index (χ2n) is 5.52. The summed E-state index contributed by atoms with van der Waals surface area (Å²) in [5.41, 5.74) is 3.58. The zero-order valence-corrected chi connectivity index (χ0v) is 15.2. The average molecular weight is 369 g/mol. The van der Waals surface area contributed by atoms with Crippen LogP contribution in [-0.2, 0) is 4.79 Å². The Labute approximate surface area is 156 Å². The number of rotatable bonds is 5. The van der Waals surface area contributed by atoms with Gasteiger partial charge in [0.1, 0.15) is 0 Å². The van der Waals surface area contributed by atoms with Crippen LogP contribution in [0.1, 0.15) is 12.5 Å². The first-order valence-electron chi connectivity index (χ1n) is 7.86. The molecule has 0 aliphatic rings. The van der Waals surface area contributed by atoms with E-state index in [1.807, 2.05) is 61.5 Å². The van der Waals surface area contributed by atoms with Gasteiger partial charge in [-0.3, -0.25) is 4.79 Å². The molecule has 3 rings (SSSR count). The van der Waals surface area contributed by atoms with Gasteiger partial charge in [-0.25, -0.2) is 5.43 Å². The SMILES string of the molecule is CC(Sc1ccc(Cl)cc1)C(=O)NN=Cc1cccc2ccccc12. The fourth-order valence-corrected chi connectivity index (χ4v) is 3.38. The number of nitrogens with zero attached hydrogens (tertiary/aromatic N) is 1. The third-order valence-electron chi connectivity index (χ3n) is 3.70. The van der Waals surface area contributed by atoms with Gasteiger partial charge in [0, 0.05) is 15.5 Å². The van der Waals surface area contributed by atoms with E-state index < -0.39 is 0 Å². The van der Waals surface area contributed by atoms with Crippen LogP contribution in [0.5, 0.6) is 0 Å². The largest absolute Gasteiger partial charge is 0.272 e. The summed E-state index contributed by atoms with van der Waals surface area (Å²) in [6.07, 6.45) is 1.68. The fourth-order valence-electron chi connectivity index (χ4n) is 2.39. The van der Waals surface area contributed by atoms with Crippen molar-refractivity contribution in [2.45, 2.75) is 17.1 Å². The number of benzene rings is 3. The van der Waals surface area contributed by atoms with Gasteiger partial charge in [0.15, 0.2) is 0 Å². The van der Waals surface area contributed by atoms with Crippen molar-refractivity contribution in [1.29, 1.82) is 0 Å². The van der Waals surface area contributed by atoms with E-state index in [2.05, 4.69) is 22.7 Å². The Kier molecular flexibility index (Phi) is 5.74. The zero-order valence-electron chi connectivity index (χ0n) is 13.6. The van der Waals surface area contributed by atoms with Crippen LogP contribution in [0.3, 0.4) is 0 Å². The van der Waals surface area contributed by atoms with Crippen LogP contribution in [0, 0.1) is 0 Å². The van der Waals surface area contributed by atoms with Gasteiger partial charge >= 0.3 is 0 Å². The van der Waals surface area contributed by atoms with Crippen LogP contribution < -0.4 is 5.43 Å². The lowest BCUT2D eigenvalue weighted by Gasteiger charge is -2.09. The number of carbonyl (C=O) groups excluding carboxylic acids is 1. The number of fused-ring (bicyclic) bond motifs is 1. The first-order chi connectivity index (χ1) is 12.1. The van der Waals surface area contributed by atoms with E-state index in [0.29, 0.717) is 5.02 Å². The van der Waals surface area contributed by atoms with E-state index in [0.717, 1.165) is 21.2 Å². The molecular formula is C20H17ClN2OS. The van der Waals surface area contributed by atoms with Gasteiger partial charge in [0.2, 0.25) is 0 Å². The Bertz CT molecular complexity index is 904. The number of carbonyl (C=O) groups is 1. The molecule has 1 atom stereocenters. The molecule has 5 heteroatoms. The minimum absolute atomic E-state index is 0.142. The van der Waals surface area contributed by atoms with Gasteiger partial charge in [0.05, 0.1) is 11.5 Å². The lowest BCUT2D eigenvalue weighted by molar-refractivity contribution is -0.120. The highest BCUT2D eigenvalue weighted by atomic mass is 35.5. The number of nitrogens with one attached hydrogen (secondary N) is 1. The maximum atomic E-state index is 12.2. The standard InChI is InChI=1S/C20H17ClN2OS/c1-14(25-18-11-9-17(21)10-12-18)20(24)23-22-13-16-7-4-6-15-5-2-3-8-19(15)16/h2-14H,1H3,(H,23,24). The Hall–Kier alpha value is -2.30. The van der Waals surface area contributed by atoms with Gasteiger partial charge < -0.3 is 0 Å². The highest BCUT2D eigenvalue weighted by Crippen LogP contribution is 2.24. The summed E-state index contributed by atoms with van der Waals surface area (Å²) >= 11 is 7.34. The number of hydrogen-bond donors (Lipinski definition) is 1. The number of amides is 1. The minimum Gasteiger partial charge on any atom is -0.272 e. The van der Waals surface area contributed by atoms with Gasteiger partial charge in [-0.1, -0.05) is 54.1 Å². The van der Waals surface area contributed by atoms with E-state index in [4.69, 9.17) is 11.6 Å². The van der Waals surface area contributed by atoms with Crippen LogP contribution in [0.4, 0.5) is 0 Å². The Morgan fingerprint density at radius 3 is 2.60 bits per heavy atom. The molecule has 126 valence electrons. The molecule has 0 spiro atoms. The molecule has 3 aromatic rings. The molecule has 0 fully saturated rings. The van der Waals surface area contributed by atoms with Crippen molar-refractivity contribution in [3.05, 3.63) is 77.3 Å². The fraction of sp³-hybridized carbons (Fsp3) is 0.100. The van der Waals surface area contributed by atoms with Crippen molar-refractivity contribution in [2.75, 3.05) is 0 Å². The van der Waals surface area contributed by atoms with Crippen molar-refractivity contribution in [2.24, 2.45) is 5.10 Å². The van der Waals surface area contributed by atoms with E-state index in [-0.39, 0.29) is 11.2 Å². The molecule has 1 unspecified atom stereocenters. The quantitative estimate of drug-likeness (QED) is 0.385. The number of halogens is 1. The summed E-state index contributed by atoms with van der Waals surface area (Å²) in [5, 5.41) is 6.78. The highest BCUT2D eigenvalue weighted by molar-refractivity contribution is 8.00. The minimum atomic E-state index is -0.258. The van der Waals surface area contributed by atoms with E-state index >= 15 is 0 Å². The summed E-state index contributed by atoms with van der Waals surface area (Å²) in [4.78, 5) is 13.2. The van der Waals surface area contributed by atoms with Crippen LogP contribution in [-0.4, -0.2) is 17.4 Å². The molecular weight excluding hydrogens is 352 g/mol. The van der Waals surface area contributed by atoms with Gasteiger partial charge in [-0.15, -0.1) is 11.8 Å². The van der Waals surface area contributed by atoms with Crippen molar-refractivity contribution in [3.63, 3.8) is 0 Å². The molecule has 3 aromatic carbocycles. The molecule has 25 heavy (non-hydrogen) atoms. The lowest BCUT2D eigenvalue weighted by atomic mass is 10.1. The van der Waals surface area contributed by atoms with Crippen molar-refractivity contribution in [1.82, 2.24) is 5.43 Å². The second-order valence-corrected chi connectivity index (χ2v) is 7.37. The first-order valence-corrected chi connectivity index (χ1v) is 9.12. The molecule has 0 saturated carbocycles. The maximum Gasteiger partial charge on any atom is 0.253 e. The van der Waals surface area contributed by atoms with E-state index in [1.54, 1.807) is 6.21 Å².